The van der Waals surface area contributed by atoms with Gasteiger partial charge < -0.3 is 19.5 Å². The number of ether oxygens (including phenoxy) is 3. The quantitative estimate of drug-likeness (QED) is 0.770. The van der Waals surface area contributed by atoms with Crippen molar-refractivity contribution in [3.05, 3.63) is 30.4 Å². The minimum atomic E-state index is 0.0451. The Morgan fingerprint density at radius 2 is 1.65 bits per heavy atom. The van der Waals surface area contributed by atoms with Crippen LogP contribution >= 0.6 is 0 Å². The molecule has 0 aromatic heterocycles. The lowest BCUT2D eigenvalue weighted by Gasteiger charge is -2.17. The SMILES string of the molecule is C=CC(NC)c1cc(OC)c(OC)c(OC)c1. The maximum Gasteiger partial charge on any atom is 0.203 e. The summed E-state index contributed by atoms with van der Waals surface area (Å²) in [5.41, 5.74) is 1.01. The Morgan fingerprint density at radius 3 is 1.94 bits per heavy atom. The van der Waals surface area contributed by atoms with Crippen LogP contribution in [0.4, 0.5) is 0 Å². The van der Waals surface area contributed by atoms with Crippen molar-refractivity contribution in [2.45, 2.75) is 6.04 Å². The summed E-state index contributed by atoms with van der Waals surface area (Å²) >= 11 is 0. The van der Waals surface area contributed by atoms with Gasteiger partial charge >= 0.3 is 0 Å². The number of rotatable bonds is 6. The Labute approximate surface area is 102 Å². The van der Waals surface area contributed by atoms with E-state index in [4.69, 9.17) is 14.2 Å². The van der Waals surface area contributed by atoms with Crippen LogP contribution in [0.1, 0.15) is 11.6 Å². The zero-order valence-electron chi connectivity index (χ0n) is 10.7. The number of hydrogen-bond acceptors (Lipinski definition) is 4. The third kappa shape index (κ3) is 2.71. The molecule has 94 valence electrons. The smallest absolute Gasteiger partial charge is 0.203 e. The first-order chi connectivity index (χ1) is 8.21. The second kappa shape index (κ2) is 6.15. The highest BCUT2D eigenvalue weighted by Gasteiger charge is 2.15. The monoisotopic (exact) mass is 237 g/mol. The third-order valence-corrected chi connectivity index (χ3v) is 2.59. The van der Waals surface area contributed by atoms with E-state index in [2.05, 4.69) is 11.9 Å². The van der Waals surface area contributed by atoms with Crippen LogP contribution in [-0.2, 0) is 0 Å². The van der Waals surface area contributed by atoms with Gasteiger partial charge in [0.1, 0.15) is 0 Å². The lowest BCUT2D eigenvalue weighted by molar-refractivity contribution is 0.323. The van der Waals surface area contributed by atoms with Crippen molar-refractivity contribution >= 4 is 0 Å². The van der Waals surface area contributed by atoms with Gasteiger partial charge in [0.05, 0.1) is 27.4 Å². The number of methoxy groups -OCH3 is 3. The summed E-state index contributed by atoms with van der Waals surface area (Å²) in [5.74, 6) is 1.88. The number of nitrogens with one attached hydrogen (secondary N) is 1. The van der Waals surface area contributed by atoms with Gasteiger partial charge in [0.15, 0.2) is 11.5 Å². The third-order valence-electron chi connectivity index (χ3n) is 2.59. The Balaban J connectivity index is 3.30. The Kier molecular flexibility index (Phi) is 4.84. The molecule has 1 rings (SSSR count). The van der Waals surface area contributed by atoms with E-state index in [-0.39, 0.29) is 6.04 Å². The van der Waals surface area contributed by atoms with Crippen molar-refractivity contribution in [2.24, 2.45) is 0 Å². The molecule has 0 radical (unpaired) electrons. The molecule has 0 heterocycles. The molecule has 0 fully saturated rings. The van der Waals surface area contributed by atoms with E-state index in [0.29, 0.717) is 17.2 Å². The molecule has 4 heteroatoms. The molecule has 0 amide bonds. The molecular weight excluding hydrogens is 218 g/mol. The van der Waals surface area contributed by atoms with E-state index in [1.807, 2.05) is 25.3 Å². The van der Waals surface area contributed by atoms with Crippen molar-refractivity contribution in [3.8, 4) is 17.2 Å². The van der Waals surface area contributed by atoms with Crippen molar-refractivity contribution in [1.82, 2.24) is 5.32 Å². The molecule has 1 atom stereocenters. The average molecular weight is 237 g/mol. The minimum absolute atomic E-state index is 0.0451. The number of likely N-dealkylation sites (N-methyl/N-ethyl adjacent to an activating group) is 1. The molecule has 1 unspecified atom stereocenters. The number of hydrogen-bond donors (Lipinski definition) is 1. The highest BCUT2D eigenvalue weighted by molar-refractivity contribution is 5.54. The lowest BCUT2D eigenvalue weighted by atomic mass is 10.1. The topological polar surface area (TPSA) is 39.7 Å². The van der Waals surface area contributed by atoms with Gasteiger partial charge in [-0.3, -0.25) is 0 Å². The van der Waals surface area contributed by atoms with E-state index in [1.165, 1.54) is 0 Å². The van der Waals surface area contributed by atoms with Crippen LogP contribution in [0.2, 0.25) is 0 Å². The molecule has 4 nitrogen and oxygen atoms in total. The Hall–Kier alpha value is -1.68. The highest BCUT2D eigenvalue weighted by Crippen LogP contribution is 2.39. The van der Waals surface area contributed by atoms with Crippen LogP contribution in [-0.4, -0.2) is 28.4 Å². The molecule has 0 saturated heterocycles. The number of benzene rings is 1. The Morgan fingerprint density at radius 1 is 1.12 bits per heavy atom. The van der Waals surface area contributed by atoms with Gasteiger partial charge in [-0.2, -0.15) is 0 Å². The van der Waals surface area contributed by atoms with Gasteiger partial charge in [-0.1, -0.05) is 6.08 Å². The second-order valence-electron chi connectivity index (χ2n) is 3.46. The summed E-state index contributed by atoms with van der Waals surface area (Å²) in [4.78, 5) is 0. The van der Waals surface area contributed by atoms with E-state index < -0.39 is 0 Å². The fraction of sp³-hybridized carbons (Fsp3) is 0.385. The predicted molar refractivity (Wildman–Crippen MR) is 68.1 cm³/mol. The van der Waals surface area contributed by atoms with Crippen LogP contribution in [0.25, 0.3) is 0 Å². The second-order valence-corrected chi connectivity index (χ2v) is 3.46. The zero-order chi connectivity index (χ0) is 12.8. The van der Waals surface area contributed by atoms with Crippen molar-refractivity contribution < 1.29 is 14.2 Å². The fourth-order valence-electron chi connectivity index (χ4n) is 1.70. The summed E-state index contributed by atoms with van der Waals surface area (Å²) in [7, 11) is 6.66. The zero-order valence-corrected chi connectivity index (χ0v) is 10.7. The molecule has 1 aromatic carbocycles. The lowest BCUT2D eigenvalue weighted by Crippen LogP contribution is -2.13. The van der Waals surface area contributed by atoms with Crippen molar-refractivity contribution in [1.29, 1.82) is 0 Å². The maximum absolute atomic E-state index is 5.29. The first kappa shape index (κ1) is 13.4. The van der Waals surface area contributed by atoms with Gasteiger partial charge in [-0.05, 0) is 24.7 Å². The normalized spacial score (nSPS) is 11.8. The Bertz CT molecular complexity index is 365. The van der Waals surface area contributed by atoms with Gasteiger partial charge in [-0.25, -0.2) is 0 Å². The summed E-state index contributed by atoms with van der Waals surface area (Å²) in [5, 5.41) is 3.14. The van der Waals surface area contributed by atoms with Gasteiger partial charge in [0.2, 0.25) is 5.75 Å². The average Bonchev–Trinajstić information content (AvgIpc) is 2.38. The molecule has 0 spiro atoms. The summed E-state index contributed by atoms with van der Waals surface area (Å²) < 4.78 is 15.8. The van der Waals surface area contributed by atoms with Gasteiger partial charge in [0.25, 0.3) is 0 Å². The van der Waals surface area contributed by atoms with Crippen molar-refractivity contribution in [3.63, 3.8) is 0 Å². The van der Waals surface area contributed by atoms with E-state index >= 15 is 0 Å². The maximum atomic E-state index is 5.29. The summed E-state index contributed by atoms with van der Waals surface area (Å²) in [6.07, 6.45) is 1.82. The summed E-state index contributed by atoms with van der Waals surface area (Å²) in [6, 6.07) is 3.86. The largest absolute Gasteiger partial charge is 0.493 e. The highest BCUT2D eigenvalue weighted by atomic mass is 16.5. The van der Waals surface area contributed by atoms with Gasteiger partial charge in [-0.15, -0.1) is 6.58 Å². The summed E-state index contributed by atoms with van der Waals surface area (Å²) in [6.45, 7) is 3.79. The van der Waals surface area contributed by atoms with Gasteiger partial charge in [0, 0.05) is 0 Å². The molecule has 0 aliphatic rings. The first-order valence-electron chi connectivity index (χ1n) is 5.31. The van der Waals surface area contributed by atoms with E-state index in [0.717, 1.165) is 5.56 Å². The van der Waals surface area contributed by atoms with Crippen LogP contribution in [0.15, 0.2) is 24.8 Å². The molecule has 0 bridgehead atoms. The molecular formula is C13H19NO3. The fourth-order valence-corrected chi connectivity index (χ4v) is 1.70. The van der Waals surface area contributed by atoms with E-state index in [1.54, 1.807) is 21.3 Å². The molecule has 0 aliphatic heterocycles. The van der Waals surface area contributed by atoms with E-state index in [9.17, 15) is 0 Å². The minimum Gasteiger partial charge on any atom is -0.493 e. The van der Waals surface area contributed by atoms with Crippen LogP contribution in [0.3, 0.4) is 0 Å². The standard InChI is InChI=1S/C13H19NO3/c1-6-10(14-2)9-7-11(15-3)13(17-5)12(8-9)16-4/h6-8,10,14H,1H2,2-5H3. The molecule has 1 aromatic rings. The van der Waals surface area contributed by atoms with Crippen LogP contribution < -0.4 is 19.5 Å². The predicted octanol–water partition coefficient (Wildman–Crippen LogP) is 2.16. The molecule has 0 saturated carbocycles. The first-order valence-corrected chi connectivity index (χ1v) is 5.31. The van der Waals surface area contributed by atoms with Crippen molar-refractivity contribution in [2.75, 3.05) is 28.4 Å². The van der Waals surface area contributed by atoms with Crippen LogP contribution in [0, 0.1) is 0 Å². The molecule has 0 aliphatic carbocycles. The molecule has 17 heavy (non-hydrogen) atoms. The molecule has 1 N–H and O–H groups in total. The van der Waals surface area contributed by atoms with Crippen LogP contribution in [0.5, 0.6) is 17.2 Å².